The van der Waals surface area contributed by atoms with E-state index >= 15 is 0 Å². The number of nitriles is 1. The number of para-hydroxylation sites is 1. The van der Waals surface area contributed by atoms with Crippen molar-refractivity contribution in [2.45, 2.75) is 32.1 Å². The third-order valence-corrected chi connectivity index (χ3v) is 5.78. The summed E-state index contributed by atoms with van der Waals surface area (Å²) in [6.45, 7) is 0.881. The Hall–Kier alpha value is -3.60. The van der Waals surface area contributed by atoms with Crippen molar-refractivity contribution in [3.8, 4) is 6.07 Å². The van der Waals surface area contributed by atoms with Gasteiger partial charge >= 0.3 is 0 Å². The largest absolute Gasteiger partial charge is 0.343 e. The summed E-state index contributed by atoms with van der Waals surface area (Å²) in [5.41, 5.74) is 0.415. The summed E-state index contributed by atoms with van der Waals surface area (Å²) in [7, 11) is 0. The molecule has 1 aliphatic rings. The van der Waals surface area contributed by atoms with Gasteiger partial charge in [0.2, 0.25) is 11.8 Å². The quantitative estimate of drug-likeness (QED) is 0.563. The summed E-state index contributed by atoms with van der Waals surface area (Å²) in [6, 6.07) is 13.8. The molecule has 3 rings (SSSR count). The van der Waals surface area contributed by atoms with Gasteiger partial charge in [0.25, 0.3) is 0 Å². The zero-order valence-corrected chi connectivity index (χ0v) is 18.2. The molecule has 2 aromatic carbocycles. The average Bonchev–Trinajstić information content (AvgIpc) is 2.84. The summed E-state index contributed by atoms with van der Waals surface area (Å²) in [4.78, 5) is 41.0. The van der Waals surface area contributed by atoms with Crippen molar-refractivity contribution < 1.29 is 23.2 Å². The Morgan fingerprint density at radius 1 is 1.03 bits per heavy atom. The normalized spacial score (nSPS) is 13.9. The first-order valence-corrected chi connectivity index (χ1v) is 10.9. The summed E-state index contributed by atoms with van der Waals surface area (Å²) in [6.07, 6.45) is 0.917. The number of anilines is 1. The maximum absolute atomic E-state index is 13.9. The minimum atomic E-state index is -0.752. The van der Waals surface area contributed by atoms with Crippen LogP contribution >= 0.6 is 0 Å². The fraction of sp³-hybridized carbons (Fsp3) is 0.360. The number of Topliss-reactive ketones (excluding diaryl/α,β-unsaturated/α-hetero) is 1. The van der Waals surface area contributed by atoms with Gasteiger partial charge in [0.1, 0.15) is 11.6 Å². The molecule has 0 saturated carbocycles. The Morgan fingerprint density at radius 2 is 1.73 bits per heavy atom. The van der Waals surface area contributed by atoms with Crippen LogP contribution in [-0.2, 0) is 9.59 Å². The van der Waals surface area contributed by atoms with Gasteiger partial charge in [-0.05, 0) is 43.2 Å². The molecule has 0 unspecified atom stereocenters. The van der Waals surface area contributed by atoms with Gasteiger partial charge in [-0.25, -0.2) is 8.78 Å². The predicted octanol–water partition coefficient (Wildman–Crippen LogP) is 4.11. The number of ketones is 1. The fourth-order valence-corrected chi connectivity index (χ4v) is 3.97. The van der Waals surface area contributed by atoms with Crippen LogP contribution in [0.2, 0.25) is 0 Å². The number of carbonyl (C=O) groups excluding carboxylic acids is 3. The number of likely N-dealkylation sites (tertiary alicyclic amines) is 1. The van der Waals surface area contributed by atoms with Crippen LogP contribution in [0.5, 0.6) is 0 Å². The SMILES string of the molecule is N#CCCN(C(=O)CCC(=O)N1CCC(C(=O)c2cc(F)ccc2F)CC1)c1ccccc1. The van der Waals surface area contributed by atoms with Crippen molar-refractivity contribution in [3.05, 3.63) is 65.7 Å². The minimum absolute atomic E-state index is 0.00647. The number of amides is 2. The first kappa shape index (κ1) is 24.1. The zero-order valence-electron chi connectivity index (χ0n) is 18.2. The zero-order chi connectivity index (χ0) is 23.8. The van der Waals surface area contributed by atoms with Crippen molar-refractivity contribution in [2.75, 3.05) is 24.5 Å². The van der Waals surface area contributed by atoms with Gasteiger partial charge < -0.3 is 9.80 Å². The number of hydrogen-bond acceptors (Lipinski definition) is 4. The lowest BCUT2D eigenvalue weighted by Gasteiger charge is -2.31. The van der Waals surface area contributed by atoms with E-state index in [1.807, 2.05) is 12.1 Å². The molecular formula is C25H25F2N3O3. The number of rotatable bonds is 8. The molecule has 8 heteroatoms. The van der Waals surface area contributed by atoms with Crippen LogP contribution in [0.1, 0.15) is 42.5 Å². The summed E-state index contributed by atoms with van der Waals surface area (Å²) >= 11 is 0. The van der Waals surface area contributed by atoms with E-state index in [0.29, 0.717) is 31.6 Å². The highest BCUT2D eigenvalue weighted by molar-refractivity contribution is 5.98. The van der Waals surface area contributed by atoms with Crippen LogP contribution in [-0.4, -0.2) is 42.1 Å². The van der Waals surface area contributed by atoms with E-state index in [9.17, 15) is 23.2 Å². The Morgan fingerprint density at radius 3 is 2.39 bits per heavy atom. The van der Waals surface area contributed by atoms with Gasteiger partial charge in [0, 0.05) is 44.1 Å². The first-order valence-electron chi connectivity index (χ1n) is 10.9. The molecule has 2 amide bonds. The number of piperidine rings is 1. The van der Waals surface area contributed by atoms with Crippen molar-refractivity contribution in [2.24, 2.45) is 5.92 Å². The van der Waals surface area contributed by atoms with Gasteiger partial charge in [-0.3, -0.25) is 14.4 Å². The Labute approximate surface area is 191 Å². The minimum Gasteiger partial charge on any atom is -0.343 e. The molecule has 1 fully saturated rings. The van der Waals surface area contributed by atoms with E-state index in [4.69, 9.17) is 5.26 Å². The summed E-state index contributed by atoms with van der Waals surface area (Å²) in [5, 5.41) is 8.88. The molecule has 0 radical (unpaired) electrons. The molecule has 0 aliphatic carbocycles. The van der Waals surface area contributed by atoms with E-state index in [2.05, 4.69) is 0 Å². The lowest BCUT2D eigenvalue weighted by molar-refractivity contribution is -0.134. The van der Waals surface area contributed by atoms with Crippen LogP contribution in [0.4, 0.5) is 14.5 Å². The monoisotopic (exact) mass is 453 g/mol. The highest BCUT2D eigenvalue weighted by Gasteiger charge is 2.30. The molecule has 0 bridgehead atoms. The number of halogens is 2. The standard InChI is InChI=1S/C25H25F2N3O3/c26-19-7-8-22(27)21(17-19)25(33)18-11-15-29(16-12-18)23(31)9-10-24(32)30(14-4-13-28)20-5-2-1-3-6-20/h1-3,5-8,17-18H,4,9-12,14-16H2. The van der Waals surface area contributed by atoms with Gasteiger partial charge in [-0.1, -0.05) is 18.2 Å². The Balaban J connectivity index is 1.52. The van der Waals surface area contributed by atoms with E-state index in [1.54, 1.807) is 29.2 Å². The van der Waals surface area contributed by atoms with Crippen molar-refractivity contribution in [3.63, 3.8) is 0 Å². The molecule has 172 valence electrons. The maximum Gasteiger partial charge on any atom is 0.227 e. The molecule has 1 heterocycles. The molecule has 0 N–H and O–H groups in total. The van der Waals surface area contributed by atoms with Crippen molar-refractivity contribution in [1.82, 2.24) is 4.90 Å². The topological polar surface area (TPSA) is 81.5 Å². The van der Waals surface area contributed by atoms with E-state index in [-0.39, 0.29) is 43.2 Å². The molecule has 2 aromatic rings. The smallest absolute Gasteiger partial charge is 0.227 e. The average molecular weight is 453 g/mol. The lowest BCUT2D eigenvalue weighted by atomic mass is 9.88. The summed E-state index contributed by atoms with van der Waals surface area (Å²) in [5.74, 6) is -2.79. The molecule has 33 heavy (non-hydrogen) atoms. The Kier molecular flexibility index (Phi) is 8.25. The van der Waals surface area contributed by atoms with Crippen LogP contribution < -0.4 is 4.90 Å². The van der Waals surface area contributed by atoms with Crippen molar-refractivity contribution in [1.29, 1.82) is 5.26 Å². The van der Waals surface area contributed by atoms with Crippen molar-refractivity contribution >= 4 is 23.3 Å². The predicted molar refractivity (Wildman–Crippen MR) is 118 cm³/mol. The van der Waals surface area contributed by atoms with Crippen LogP contribution in [0.25, 0.3) is 0 Å². The van der Waals surface area contributed by atoms with E-state index in [0.717, 1.165) is 18.2 Å². The molecule has 0 aromatic heterocycles. The number of carbonyl (C=O) groups is 3. The first-order chi connectivity index (χ1) is 15.9. The van der Waals surface area contributed by atoms with Crippen LogP contribution in [0.3, 0.4) is 0 Å². The third kappa shape index (κ3) is 6.22. The van der Waals surface area contributed by atoms with Gasteiger partial charge in [0.05, 0.1) is 18.1 Å². The van der Waals surface area contributed by atoms with Crippen LogP contribution in [0, 0.1) is 28.9 Å². The highest BCUT2D eigenvalue weighted by atomic mass is 19.1. The van der Waals surface area contributed by atoms with Gasteiger partial charge in [0.15, 0.2) is 5.78 Å². The molecular weight excluding hydrogens is 428 g/mol. The third-order valence-electron chi connectivity index (χ3n) is 5.78. The molecule has 1 aliphatic heterocycles. The van der Waals surface area contributed by atoms with Gasteiger partial charge in [-0.15, -0.1) is 0 Å². The second kappa shape index (κ2) is 11.3. The second-order valence-electron chi connectivity index (χ2n) is 7.93. The number of nitrogens with zero attached hydrogens (tertiary/aromatic N) is 3. The van der Waals surface area contributed by atoms with E-state index in [1.165, 1.54) is 4.90 Å². The fourth-order valence-electron chi connectivity index (χ4n) is 3.97. The molecule has 0 spiro atoms. The summed E-state index contributed by atoms with van der Waals surface area (Å²) < 4.78 is 27.3. The maximum atomic E-state index is 13.9. The lowest BCUT2D eigenvalue weighted by Crippen LogP contribution is -2.41. The second-order valence-corrected chi connectivity index (χ2v) is 7.93. The number of hydrogen-bond donors (Lipinski definition) is 0. The Bertz CT molecular complexity index is 1040. The highest BCUT2D eigenvalue weighted by Crippen LogP contribution is 2.24. The molecule has 6 nitrogen and oxygen atoms in total. The van der Waals surface area contributed by atoms with E-state index < -0.39 is 23.3 Å². The van der Waals surface area contributed by atoms with Gasteiger partial charge in [-0.2, -0.15) is 5.26 Å². The molecule has 0 atom stereocenters. The molecule has 1 saturated heterocycles. The van der Waals surface area contributed by atoms with Crippen LogP contribution in [0.15, 0.2) is 48.5 Å². The number of benzene rings is 2.